The van der Waals surface area contributed by atoms with Gasteiger partial charge in [0.15, 0.2) is 5.01 Å². The lowest BCUT2D eigenvalue weighted by atomic mass is 9.95. The molecule has 0 saturated carbocycles. The average molecular weight is 387 g/mol. The third-order valence-electron chi connectivity index (χ3n) is 2.68. The lowest BCUT2D eigenvalue weighted by molar-refractivity contribution is -0.137. The molecule has 1 aromatic carbocycles. The van der Waals surface area contributed by atoms with Gasteiger partial charge < -0.3 is 5.11 Å². The molecule has 0 spiro atoms. The van der Waals surface area contributed by atoms with Crippen LogP contribution in [-0.2, 0) is 11.8 Å². The van der Waals surface area contributed by atoms with Crippen LogP contribution in [0.5, 0.6) is 0 Å². The predicted molar refractivity (Wildman–Crippen MR) is 74.9 cm³/mol. The smallest absolute Gasteiger partial charge is 0.380 e. The molecule has 0 fully saturated rings. The highest BCUT2D eigenvalue weighted by molar-refractivity contribution is 9.10. The van der Waals surface area contributed by atoms with E-state index in [9.17, 15) is 18.3 Å². The molecule has 2 aromatic rings. The van der Waals surface area contributed by atoms with Crippen LogP contribution >= 0.6 is 38.9 Å². The number of thiazole rings is 1. The minimum Gasteiger partial charge on any atom is -0.380 e. The van der Waals surface area contributed by atoms with Crippen molar-refractivity contribution >= 4 is 38.9 Å². The van der Waals surface area contributed by atoms with Crippen molar-refractivity contribution in [3.05, 3.63) is 49.3 Å². The third-order valence-corrected chi connectivity index (χ3v) is 4.74. The van der Waals surface area contributed by atoms with Gasteiger partial charge in [0.05, 0.1) is 4.88 Å². The van der Waals surface area contributed by atoms with Crippen molar-refractivity contribution in [3.63, 3.8) is 0 Å². The van der Waals surface area contributed by atoms with Crippen molar-refractivity contribution in [2.75, 3.05) is 0 Å². The van der Waals surface area contributed by atoms with Gasteiger partial charge in [-0.3, -0.25) is 0 Å². The number of hydrogen-bond donors (Lipinski definition) is 1. The van der Waals surface area contributed by atoms with Crippen LogP contribution in [-0.4, -0.2) is 10.1 Å². The van der Waals surface area contributed by atoms with Gasteiger partial charge in [-0.25, -0.2) is 4.98 Å². The number of benzene rings is 1. The minimum atomic E-state index is -4.53. The Hall–Kier alpha value is -0.630. The Morgan fingerprint density at radius 2 is 2.00 bits per heavy atom. The van der Waals surface area contributed by atoms with Crippen molar-refractivity contribution in [1.29, 1.82) is 0 Å². The van der Waals surface area contributed by atoms with Crippen LogP contribution in [0.1, 0.15) is 22.4 Å². The highest BCUT2D eigenvalue weighted by atomic mass is 79.9. The van der Waals surface area contributed by atoms with Crippen molar-refractivity contribution in [1.82, 2.24) is 4.98 Å². The van der Waals surface area contributed by atoms with Crippen molar-refractivity contribution in [2.45, 2.75) is 18.7 Å². The fourth-order valence-electron chi connectivity index (χ4n) is 1.65. The summed E-state index contributed by atoms with van der Waals surface area (Å²) < 4.78 is 38.4. The molecule has 0 aliphatic rings. The molecule has 20 heavy (non-hydrogen) atoms. The van der Waals surface area contributed by atoms with Gasteiger partial charge in [-0.2, -0.15) is 13.2 Å². The molecular weight excluding hydrogens is 379 g/mol. The van der Waals surface area contributed by atoms with Crippen LogP contribution in [0.3, 0.4) is 0 Å². The Labute approximate surface area is 130 Å². The van der Waals surface area contributed by atoms with Crippen molar-refractivity contribution in [3.8, 4) is 0 Å². The molecule has 1 atom stereocenters. The van der Waals surface area contributed by atoms with E-state index in [0.717, 1.165) is 6.20 Å². The highest BCUT2D eigenvalue weighted by Gasteiger charge is 2.38. The fraction of sp³-hybridized carbons (Fsp3) is 0.250. The van der Waals surface area contributed by atoms with E-state index in [0.29, 0.717) is 21.4 Å². The van der Waals surface area contributed by atoms with E-state index in [1.807, 2.05) is 0 Å². The highest BCUT2D eigenvalue weighted by Crippen LogP contribution is 2.40. The monoisotopic (exact) mass is 385 g/mol. The van der Waals surface area contributed by atoms with Gasteiger partial charge >= 0.3 is 6.18 Å². The second-order valence-corrected chi connectivity index (χ2v) is 6.58. The van der Waals surface area contributed by atoms with Gasteiger partial charge in [-0.15, -0.1) is 11.3 Å². The molecular formula is C12H8BrClF3NOS. The molecule has 0 radical (unpaired) electrons. The summed E-state index contributed by atoms with van der Waals surface area (Å²) in [6.07, 6.45) is -3.51. The summed E-state index contributed by atoms with van der Waals surface area (Å²) in [6, 6.07) is 4.78. The first-order valence-electron chi connectivity index (χ1n) is 5.34. The molecule has 2 nitrogen and oxygen atoms in total. The molecule has 1 heterocycles. The maximum Gasteiger partial charge on any atom is 0.443 e. The van der Waals surface area contributed by atoms with Crippen LogP contribution < -0.4 is 0 Å². The van der Waals surface area contributed by atoms with E-state index < -0.39 is 16.8 Å². The maximum atomic E-state index is 12.6. The van der Waals surface area contributed by atoms with Gasteiger partial charge in [-0.05, 0) is 19.1 Å². The number of alkyl halides is 3. The van der Waals surface area contributed by atoms with E-state index in [1.165, 1.54) is 6.92 Å². The molecule has 0 saturated heterocycles. The molecule has 1 N–H and O–H groups in total. The quantitative estimate of drug-likeness (QED) is 0.801. The summed E-state index contributed by atoms with van der Waals surface area (Å²) in [6.45, 7) is 1.38. The average Bonchev–Trinajstić information content (AvgIpc) is 2.77. The first kappa shape index (κ1) is 15.8. The topological polar surface area (TPSA) is 33.1 Å². The second kappa shape index (κ2) is 5.29. The van der Waals surface area contributed by atoms with Gasteiger partial charge in [0.2, 0.25) is 0 Å². The summed E-state index contributed by atoms with van der Waals surface area (Å²) in [5.41, 5.74) is -1.32. The summed E-state index contributed by atoms with van der Waals surface area (Å²) >= 11 is 9.66. The Bertz CT molecular complexity index is 642. The van der Waals surface area contributed by atoms with Crippen molar-refractivity contribution < 1.29 is 18.3 Å². The molecule has 1 aromatic heterocycles. The second-order valence-electron chi connectivity index (χ2n) is 4.22. The lowest BCUT2D eigenvalue weighted by Gasteiger charge is -2.23. The SMILES string of the molecule is CC(O)(c1cnc(C(F)(F)F)s1)c1ccc(Br)cc1Cl. The minimum absolute atomic E-state index is 0.0778. The molecule has 0 aliphatic carbocycles. The van der Waals surface area contributed by atoms with E-state index in [2.05, 4.69) is 20.9 Å². The van der Waals surface area contributed by atoms with Crippen LogP contribution in [0.15, 0.2) is 28.9 Å². The van der Waals surface area contributed by atoms with Crippen LogP contribution in [0.2, 0.25) is 5.02 Å². The summed E-state index contributed by atoms with van der Waals surface area (Å²) in [5, 5.41) is 9.77. The molecule has 2 rings (SSSR count). The first-order chi connectivity index (χ1) is 9.12. The zero-order chi connectivity index (χ0) is 15.1. The Morgan fingerprint density at radius 1 is 1.35 bits per heavy atom. The number of halogens is 5. The summed E-state index contributed by atoms with van der Waals surface area (Å²) in [5.74, 6) is 0. The Balaban J connectivity index is 2.46. The number of nitrogens with zero attached hydrogens (tertiary/aromatic N) is 1. The number of hydrogen-bond acceptors (Lipinski definition) is 3. The normalized spacial score (nSPS) is 15.2. The zero-order valence-electron chi connectivity index (χ0n) is 10.0. The number of aromatic nitrogens is 1. The molecule has 0 amide bonds. The molecule has 0 aliphatic heterocycles. The predicted octanol–water partition coefficient (Wildman–Crippen LogP) is 4.83. The van der Waals surface area contributed by atoms with Gasteiger partial charge in [0.1, 0.15) is 5.60 Å². The first-order valence-corrected chi connectivity index (χ1v) is 7.32. The number of rotatable bonds is 2. The van der Waals surface area contributed by atoms with Crippen molar-refractivity contribution in [2.24, 2.45) is 0 Å². The van der Waals surface area contributed by atoms with Crippen LogP contribution in [0.25, 0.3) is 0 Å². The third kappa shape index (κ3) is 3.00. The maximum absolute atomic E-state index is 12.6. The van der Waals surface area contributed by atoms with Crippen LogP contribution in [0.4, 0.5) is 13.2 Å². The summed E-state index contributed by atoms with van der Waals surface area (Å²) in [7, 11) is 0. The molecule has 108 valence electrons. The fourth-order valence-corrected chi connectivity index (χ4v) is 3.35. The largest absolute Gasteiger partial charge is 0.443 e. The van der Waals surface area contributed by atoms with Gasteiger partial charge in [0.25, 0.3) is 0 Å². The molecule has 0 bridgehead atoms. The van der Waals surface area contributed by atoms with E-state index in [1.54, 1.807) is 18.2 Å². The van der Waals surface area contributed by atoms with E-state index in [4.69, 9.17) is 11.6 Å². The zero-order valence-corrected chi connectivity index (χ0v) is 13.2. The molecule has 8 heteroatoms. The van der Waals surface area contributed by atoms with Crippen LogP contribution in [0, 0.1) is 0 Å². The summed E-state index contributed by atoms with van der Waals surface area (Å²) in [4.78, 5) is 3.39. The Kier molecular flexibility index (Phi) is 4.17. The molecule has 1 unspecified atom stereocenters. The Morgan fingerprint density at radius 3 is 2.50 bits per heavy atom. The van der Waals surface area contributed by atoms with Gasteiger partial charge in [-0.1, -0.05) is 33.6 Å². The number of aliphatic hydroxyl groups is 1. The lowest BCUT2D eigenvalue weighted by Crippen LogP contribution is -2.21. The van der Waals surface area contributed by atoms with Gasteiger partial charge in [0, 0.05) is 21.3 Å². The van der Waals surface area contributed by atoms with E-state index in [-0.39, 0.29) is 9.90 Å². The standard InChI is InChI=1S/C12H8BrClF3NOS/c1-11(19,7-3-2-6(13)4-8(7)14)9-5-18-10(20-9)12(15,16)17/h2-5,19H,1H3. The van der Waals surface area contributed by atoms with E-state index >= 15 is 0 Å².